The highest BCUT2D eigenvalue weighted by molar-refractivity contribution is 8.13. The average Bonchev–Trinajstić information content (AvgIpc) is 2.15. The van der Waals surface area contributed by atoms with Gasteiger partial charge in [-0.15, -0.1) is 0 Å². The summed E-state index contributed by atoms with van der Waals surface area (Å²) in [6.45, 7) is 1.46. The number of anilines is 1. The molecule has 0 aliphatic heterocycles. The number of nitrogen functional groups attached to an aromatic ring is 1. The molecule has 2 nitrogen and oxygen atoms in total. The minimum absolute atomic E-state index is 0.00851. The van der Waals surface area contributed by atoms with E-state index in [1.165, 1.54) is 19.1 Å². The van der Waals surface area contributed by atoms with Gasteiger partial charge in [0.15, 0.2) is 5.12 Å². The van der Waals surface area contributed by atoms with Crippen LogP contribution in [0.2, 0.25) is 0 Å². The first-order valence-electron chi connectivity index (χ1n) is 4.27. The summed E-state index contributed by atoms with van der Waals surface area (Å²) in [7, 11) is 0. The first kappa shape index (κ1) is 11.6. The van der Waals surface area contributed by atoms with Crippen molar-refractivity contribution in [3.05, 3.63) is 29.6 Å². The molecule has 0 saturated carbocycles. The molecule has 0 amide bonds. The first-order valence-corrected chi connectivity index (χ1v) is 5.26. The average molecular weight is 223 g/mol. The number of hydrogen-bond acceptors (Lipinski definition) is 3. The molecule has 0 unspecified atom stereocenters. The molecule has 1 rings (SSSR count). The lowest BCUT2D eigenvalue weighted by Crippen LogP contribution is -1.93. The van der Waals surface area contributed by atoms with E-state index in [0.29, 0.717) is 11.4 Å². The molecule has 78 valence electrons. The molecule has 0 fully saturated rings. The Balaban J connectivity index is 2.75. The van der Waals surface area contributed by atoms with E-state index >= 15 is 0 Å². The number of halogens is 1. The molecule has 1 aromatic carbocycles. The van der Waals surface area contributed by atoms with Crippen LogP contribution in [0.25, 0.3) is 0 Å². The van der Waals surface area contributed by atoms with Crippen molar-refractivity contribution in [2.24, 2.45) is 0 Å². The van der Waals surface area contributed by atoms with Crippen LogP contribution in [0.5, 0.6) is 0 Å². The van der Waals surface area contributed by atoms with Crippen molar-refractivity contribution in [3.8, 4) is 11.8 Å². The number of carbonyl (C=O) groups excluding carboxylic acids is 1. The SMILES string of the molecule is CC(=O)SCC#Cc1c(N)cccc1F. The van der Waals surface area contributed by atoms with Gasteiger partial charge in [0, 0.05) is 6.92 Å². The summed E-state index contributed by atoms with van der Waals surface area (Å²) < 4.78 is 13.2. The van der Waals surface area contributed by atoms with Crippen LogP contribution in [0.3, 0.4) is 0 Å². The van der Waals surface area contributed by atoms with Crippen molar-refractivity contribution in [3.63, 3.8) is 0 Å². The summed E-state index contributed by atoms with van der Waals surface area (Å²) in [5.41, 5.74) is 6.06. The Morgan fingerprint density at radius 2 is 2.33 bits per heavy atom. The van der Waals surface area contributed by atoms with E-state index in [-0.39, 0.29) is 10.7 Å². The maximum Gasteiger partial charge on any atom is 0.186 e. The number of thioether (sulfide) groups is 1. The molecule has 0 aliphatic carbocycles. The molecule has 0 heterocycles. The van der Waals surface area contributed by atoms with Gasteiger partial charge in [0.1, 0.15) is 5.82 Å². The highest BCUT2D eigenvalue weighted by Gasteiger charge is 2.01. The minimum atomic E-state index is -0.435. The fourth-order valence-corrected chi connectivity index (χ4v) is 1.28. The van der Waals surface area contributed by atoms with Gasteiger partial charge in [0.25, 0.3) is 0 Å². The van der Waals surface area contributed by atoms with E-state index in [1.807, 2.05) is 0 Å². The van der Waals surface area contributed by atoms with Gasteiger partial charge in [-0.25, -0.2) is 4.39 Å². The van der Waals surface area contributed by atoms with Crippen LogP contribution < -0.4 is 5.73 Å². The lowest BCUT2D eigenvalue weighted by molar-refractivity contribution is -0.109. The Hall–Kier alpha value is -1.47. The molecule has 0 aromatic heterocycles. The molecule has 0 saturated heterocycles. The van der Waals surface area contributed by atoms with Crippen molar-refractivity contribution in [1.82, 2.24) is 0 Å². The van der Waals surface area contributed by atoms with Crippen LogP contribution in [-0.2, 0) is 4.79 Å². The Bertz CT molecular complexity index is 414. The fourth-order valence-electron chi connectivity index (χ4n) is 0.935. The molecule has 0 radical (unpaired) electrons. The second kappa shape index (κ2) is 5.42. The van der Waals surface area contributed by atoms with Crippen LogP contribution in [0.1, 0.15) is 12.5 Å². The van der Waals surface area contributed by atoms with Gasteiger partial charge in [-0.3, -0.25) is 4.79 Å². The maximum absolute atomic E-state index is 13.2. The molecule has 2 N–H and O–H groups in total. The molecule has 0 bridgehead atoms. The van der Waals surface area contributed by atoms with E-state index in [1.54, 1.807) is 6.07 Å². The van der Waals surface area contributed by atoms with E-state index in [9.17, 15) is 9.18 Å². The monoisotopic (exact) mass is 223 g/mol. The van der Waals surface area contributed by atoms with Crippen LogP contribution in [0, 0.1) is 17.7 Å². The van der Waals surface area contributed by atoms with Crippen molar-refractivity contribution in [2.45, 2.75) is 6.92 Å². The third-order valence-electron chi connectivity index (χ3n) is 1.61. The van der Waals surface area contributed by atoms with E-state index < -0.39 is 5.82 Å². The number of rotatable bonds is 1. The highest BCUT2D eigenvalue weighted by Crippen LogP contribution is 2.13. The molecule has 4 heteroatoms. The third kappa shape index (κ3) is 3.64. The molecule has 0 aliphatic rings. The van der Waals surface area contributed by atoms with Gasteiger partial charge in [-0.05, 0) is 12.1 Å². The van der Waals surface area contributed by atoms with Crippen molar-refractivity contribution in [1.29, 1.82) is 0 Å². The second-order valence-electron chi connectivity index (χ2n) is 2.79. The quantitative estimate of drug-likeness (QED) is 0.585. The smallest absolute Gasteiger partial charge is 0.186 e. The zero-order chi connectivity index (χ0) is 11.3. The van der Waals surface area contributed by atoms with Crippen molar-refractivity contribution in [2.75, 3.05) is 11.5 Å². The van der Waals surface area contributed by atoms with Crippen molar-refractivity contribution >= 4 is 22.6 Å². The van der Waals surface area contributed by atoms with Gasteiger partial charge < -0.3 is 5.73 Å². The fraction of sp³-hybridized carbons (Fsp3) is 0.182. The molecule has 0 atom stereocenters. The standard InChI is InChI=1S/C11H10FNOS/c1-8(14)15-7-3-4-9-10(12)5-2-6-11(9)13/h2,5-6H,7,13H2,1H3. The topological polar surface area (TPSA) is 43.1 Å². The van der Waals surface area contributed by atoms with Crippen LogP contribution in [-0.4, -0.2) is 10.9 Å². The minimum Gasteiger partial charge on any atom is -0.398 e. The maximum atomic E-state index is 13.2. The summed E-state index contributed by atoms with van der Waals surface area (Å²) in [5, 5.41) is -0.00851. The lowest BCUT2D eigenvalue weighted by atomic mass is 10.2. The Morgan fingerprint density at radius 1 is 1.60 bits per heavy atom. The molecule has 15 heavy (non-hydrogen) atoms. The number of carbonyl (C=O) groups is 1. The Morgan fingerprint density at radius 3 is 2.93 bits per heavy atom. The van der Waals surface area contributed by atoms with Gasteiger partial charge in [0.05, 0.1) is 17.0 Å². The predicted octanol–water partition coefficient (Wildman–Crippen LogP) is 2.04. The van der Waals surface area contributed by atoms with Crippen LogP contribution >= 0.6 is 11.8 Å². The van der Waals surface area contributed by atoms with E-state index in [2.05, 4.69) is 11.8 Å². The normalized spacial score (nSPS) is 9.20. The van der Waals surface area contributed by atoms with Crippen LogP contribution in [0.4, 0.5) is 10.1 Å². The summed E-state index contributed by atoms with van der Waals surface area (Å²) in [6, 6.07) is 4.42. The second-order valence-corrected chi connectivity index (χ2v) is 3.94. The van der Waals surface area contributed by atoms with E-state index in [4.69, 9.17) is 5.73 Å². The van der Waals surface area contributed by atoms with E-state index in [0.717, 1.165) is 11.8 Å². The van der Waals surface area contributed by atoms with Crippen molar-refractivity contribution < 1.29 is 9.18 Å². The van der Waals surface area contributed by atoms with Gasteiger partial charge >= 0.3 is 0 Å². The highest BCUT2D eigenvalue weighted by atomic mass is 32.2. The summed E-state index contributed by atoms with van der Waals surface area (Å²) in [6.07, 6.45) is 0. The van der Waals surface area contributed by atoms with Gasteiger partial charge in [-0.2, -0.15) is 0 Å². The Labute approximate surface area is 92.0 Å². The molecular weight excluding hydrogens is 213 g/mol. The lowest BCUT2D eigenvalue weighted by Gasteiger charge is -1.97. The van der Waals surface area contributed by atoms with Gasteiger partial charge in [0.2, 0.25) is 0 Å². The summed E-state index contributed by atoms with van der Waals surface area (Å²) >= 11 is 1.09. The first-order chi connectivity index (χ1) is 7.11. The molecule has 0 spiro atoms. The largest absolute Gasteiger partial charge is 0.398 e. The Kier molecular flexibility index (Phi) is 4.19. The van der Waals surface area contributed by atoms with Gasteiger partial charge in [-0.1, -0.05) is 29.7 Å². The zero-order valence-corrected chi connectivity index (χ0v) is 9.03. The number of benzene rings is 1. The molecule has 1 aromatic rings. The summed E-state index contributed by atoms with van der Waals surface area (Å²) in [4.78, 5) is 10.6. The van der Waals surface area contributed by atoms with Crippen LogP contribution in [0.15, 0.2) is 18.2 Å². The number of hydrogen-bond donors (Lipinski definition) is 1. The third-order valence-corrected chi connectivity index (χ3v) is 2.30. The summed E-state index contributed by atoms with van der Waals surface area (Å²) in [5.74, 6) is 5.22. The molecular formula is C11H10FNOS. The zero-order valence-electron chi connectivity index (χ0n) is 8.21. The number of nitrogens with two attached hydrogens (primary N) is 1. The predicted molar refractivity (Wildman–Crippen MR) is 60.8 cm³/mol.